The number of hydrogen-bond acceptors (Lipinski definition) is 5. The first kappa shape index (κ1) is 30.4. The highest BCUT2D eigenvalue weighted by Crippen LogP contribution is 2.39. The van der Waals surface area contributed by atoms with E-state index in [1.165, 1.54) is 30.2 Å². The normalized spacial score (nSPS) is 20.2. The maximum Gasteiger partial charge on any atom is 0.270 e. The van der Waals surface area contributed by atoms with Gasteiger partial charge in [-0.2, -0.15) is 0 Å². The van der Waals surface area contributed by atoms with Gasteiger partial charge in [-0.25, -0.2) is 14.6 Å². The minimum atomic E-state index is -2.79. The van der Waals surface area contributed by atoms with Crippen molar-refractivity contribution in [1.29, 1.82) is 0 Å². The largest absolute Gasteiger partial charge is 0.401 e. The van der Waals surface area contributed by atoms with Crippen molar-refractivity contribution in [2.24, 2.45) is 23.4 Å². The smallest absolute Gasteiger partial charge is 0.270 e. The summed E-state index contributed by atoms with van der Waals surface area (Å²) in [4.78, 5) is 4.60. The van der Waals surface area contributed by atoms with E-state index in [-0.39, 0.29) is 11.6 Å². The van der Waals surface area contributed by atoms with Crippen LogP contribution < -0.4 is 11.6 Å². The Morgan fingerprint density at radius 3 is 2.44 bits per heavy atom. The van der Waals surface area contributed by atoms with Gasteiger partial charge in [-0.15, -0.1) is 6.58 Å². The van der Waals surface area contributed by atoms with Crippen molar-refractivity contribution in [3.05, 3.63) is 64.9 Å². The molecular formula is C29H46F2N4S. The van der Waals surface area contributed by atoms with Crippen LogP contribution in [0.5, 0.6) is 0 Å². The van der Waals surface area contributed by atoms with Crippen molar-refractivity contribution >= 4 is 11.8 Å². The Balaban J connectivity index is 0.000000281. The van der Waals surface area contributed by atoms with Crippen molar-refractivity contribution in [2.45, 2.75) is 89.6 Å². The molecular weight excluding hydrogens is 474 g/mol. The summed E-state index contributed by atoms with van der Waals surface area (Å²) in [7, 11) is 2.14. The Morgan fingerprint density at radius 1 is 1.31 bits per heavy atom. The van der Waals surface area contributed by atoms with Gasteiger partial charge in [0, 0.05) is 46.1 Å². The van der Waals surface area contributed by atoms with Crippen molar-refractivity contribution in [1.82, 2.24) is 9.91 Å². The molecule has 0 amide bonds. The number of nitrogens with zero attached hydrogens (tertiary/aromatic N) is 2. The predicted octanol–water partition coefficient (Wildman–Crippen LogP) is 7.17. The Labute approximate surface area is 221 Å². The van der Waals surface area contributed by atoms with Gasteiger partial charge in [0.05, 0.1) is 6.04 Å². The van der Waals surface area contributed by atoms with Crippen LogP contribution in [0, 0.1) is 18.8 Å². The molecule has 4 N–H and O–H groups in total. The number of hydrogen-bond donors (Lipinski definition) is 2. The summed E-state index contributed by atoms with van der Waals surface area (Å²) in [5.41, 5.74) is 7.93. The summed E-state index contributed by atoms with van der Waals surface area (Å²) in [5.74, 6) is 4.13. The number of nitrogens with two attached hydrogens (primary N) is 2. The zero-order valence-electron chi connectivity index (χ0n) is 22.9. The first-order valence-corrected chi connectivity index (χ1v) is 13.9. The molecule has 1 aliphatic heterocycles. The van der Waals surface area contributed by atoms with Crippen LogP contribution >= 0.6 is 11.8 Å². The SMILES string of the molecule is C=CC(C(C)C)N(N)/C=C(\N)C1CC1.CC/C=C(/Sc1cc(C(C)(F)F)ccc1C)C1CCCN1C. The molecule has 2 fully saturated rings. The fourth-order valence-corrected chi connectivity index (χ4v) is 5.70. The van der Waals surface area contributed by atoms with Crippen molar-refractivity contribution in [3.8, 4) is 0 Å². The summed E-state index contributed by atoms with van der Waals surface area (Å²) >= 11 is 1.66. The molecule has 1 saturated carbocycles. The number of benzene rings is 1. The predicted molar refractivity (Wildman–Crippen MR) is 150 cm³/mol. The van der Waals surface area contributed by atoms with Crippen molar-refractivity contribution < 1.29 is 8.78 Å². The molecule has 1 heterocycles. The lowest BCUT2D eigenvalue weighted by Gasteiger charge is -2.27. The lowest BCUT2D eigenvalue weighted by Crippen LogP contribution is -2.39. The van der Waals surface area contributed by atoms with Crippen LogP contribution in [0.3, 0.4) is 0 Å². The summed E-state index contributed by atoms with van der Waals surface area (Å²) in [5, 5.41) is 1.67. The van der Waals surface area contributed by atoms with E-state index in [4.69, 9.17) is 11.6 Å². The summed E-state index contributed by atoms with van der Waals surface area (Å²) in [6.45, 7) is 14.2. The fraction of sp³-hybridized carbons (Fsp3) is 0.586. The number of rotatable bonds is 10. The zero-order chi connectivity index (χ0) is 27.0. The molecule has 1 saturated heterocycles. The van der Waals surface area contributed by atoms with Crippen LogP contribution in [0.15, 0.2) is 58.6 Å². The van der Waals surface area contributed by atoms with E-state index in [0.29, 0.717) is 17.9 Å². The maximum atomic E-state index is 13.6. The third kappa shape index (κ3) is 8.93. The van der Waals surface area contributed by atoms with Gasteiger partial charge in [-0.05, 0) is 70.2 Å². The van der Waals surface area contributed by atoms with E-state index >= 15 is 0 Å². The molecule has 1 aliphatic carbocycles. The van der Waals surface area contributed by atoms with Gasteiger partial charge in [0.25, 0.3) is 5.92 Å². The lowest BCUT2D eigenvalue weighted by atomic mass is 10.0. The van der Waals surface area contributed by atoms with Crippen LogP contribution in [0.4, 0.5) is 8.78 Å². The molecule has 1 aromatic carbocycles. The Kier molecular flexibility index (Phi) is 11.5. The topological polar surface area (TPSA) is 58.5 Å². The Morgan fingerprint density at radius 2 is 1.97 bits per heavy atom. The van der Waals surface area contributed by atoms with Gasteiger partial charge in [-0.3, -0.25) is 4.90 Å². The van der Waals surface area contributed by atoms with E-state index in [1.54, 1.807) is 28.9 Å². The monoisotopic (exact) mass is 520 g/mol. The first-order chi connectivity index (χ1) is 16.9. The molecule has 2 aliphatic rings. The van der Waals surface area contributed by atoms with Gasteiger partial charge in [0.15, 0.2) is 0 Å². The molecule has 202 valence electrons. The number of allylic oxidation sites excluding steroid dienone is 2. The molecule has 4 nitrogen and oxygen atoms in total. The van der Waals surface area contributed by atoms with Crippen LogP contribution in [0.2, 0.25) is 0 Å². The fourth-order valence-electron chi connectivity index (χ4n) is 4.35. The molecule has 0 aromatic heterocycles. The lowest BCUT2D eigenvalue weighted by molar-refractivity contribution is 0.0172. The third-order valence-corrected chi connectivity index (χ3v) is 8.13. The molecule has 7 heteroatoms. The summed E-state index contributed by atoms with van der Waals surface area (Å²) in [6, 6.07) is 5.57. The standard InChI is InChI=1S/C18H25F2NS.C11H21N3/c1-5-7-16(15-8-6-11-21(15)4)22-17-12-14(18(3,19)20)10-9-13(17)2;1-4-11(8(2)3)14(13)7-10(12)9-5-6-9/h7,9-10,12,15H,5-6,8,11H2,1-4H3;4,7-9,11H,1,5-6,12-13H2,2-3H3/b16-7+;10-7-. The average molecular weight is 521 g/mol. The highest BCUT2D eigenvalue weighted by molar-refractivity contribution is 8.03. The molecule has 0 radical (unpaired) electrons. The molecule has 2 atom stereocenters. The van der Waals surface area contributed by atoms with Crippen LogP contribution in [0.1, 0.15) is 70.9 Å². The van der Waals surface area contributed by atoms with E-state index in [1.807, 2.05) is 19.2 Å². The van der Waals surface area contributed by atoms with E-state index < -0.39 is 5.92 Å². The van der Waals surface area contributed by atoms with Gasteiger partial charge in [-0.1, -0.05) is 56.8 Å². The quantitative estimate of drug-likeness (QED) is 0.148. The number of likely N-dealkylation sites (tertiary alicyclic amines) is 1. The van der Waals surface area contributed by atoms with Crippen LogP contribution in [-0.2, 0) is 5.92 Å². The number of hydrazine groups is 1. The second-order valence-corrected chi connectivity index (χ2v) is 11.6. The van der Waals surface area contributed by atoms with Crippen LogP contribution in [0.25, 0.3) is 0 Å². The molecule has 36 heavy (non-hydrogen) atoms. The molecule has 0 spiro atoms. The maximum absolute atomic E-state index is 13.6. The molecule has 2 unspecified atom stereocenters. The van der Waals surface area contributed by atoms with Crippen molar-refractivity contribution in [3.63, 3.8) is 0 Å². The number of likely N-dealkylation sites (N-methyl/N-ethyl adjacent to an activating group) is 1. The summed E-state index contributed by atoms with van der Waals surface area (Å²) in [6.07, 6.45) is 11.7. The second kappa shape index (κ2) is 13.6. The van der Waals surface area contributed by atoms with E-state index in [2.05, 4.69) is 45.4 Å². The van der Waals surface area contributed by atoms with Gasteiger partial charge in [0.1, 0.15) is 0 Å². The van der Waals surface area contributed by atoms with Gasteiger partial charge >= 0.3 is 0 Å². The number of halogens is 2. The van der Waals surface area contributed by atoms with Crippen LogP contribution in [-0.4, -0.2) is 35.6 Å². The van der Waals surface area contributed by atoms with Gasteiger partial charge in [0.2, 0.25) is 0 Å². The minimum absolute atomic E-state index is 0.0937. The second-order valence-electron chi connectivity index (χ2n) is 10.4. The highest BCUT2D eigenvalue weighted by atomic mass is 32.2. The average Bonchev–Trinajstić information content (AvgIpc) is 3.56. The van der Waals surface area contributed by atoms with Gasteiger partial charge < -0.3 is 10.7 Å². The Bertz CT molecular complexity index is 918. The molecule has 3 rings (SSSR count). The number of aryl methyl sites for hydroxylation is 1. The van der Waals surface area contributed by atoms with E-state index in [9.17, 15) is 8.78 Å². The number of alkyl halides is 2. The highest BCUT2D eigenvalue weighted by Gasteiger charge is 2.28. The third-order valence-electron chi connectivity index (χ3n) is 6.79. The summed E-state index contributed by atoms with van der Waals surface area (Å²) < 4.78 is 27.2. The number of thioether (sulfide) groups is 1. The zero-order valence-corrected chi connectivity index (χ0v) is 23.8. The Hall–Kier alpha value is -1.83. The first-order valence-electron chi connectivity index (χ1n) is 13.1. The molecule has 0 bridgehead atoms. The molecule has 1 aromatic rings. The van der Waals surface area contributed by atoms with E-state index in [0.717, 1.165) is 42.5 Å². The minimum Gasteiger partial charge on any atom is -0.401 e. The van der Waals surface area contributed by atoms with Crippen molar-refractivity contribution in [2.75, 3.05) is 13.6 Å².